The van der Waals surface area contributed by atoms with Crippen LogP contribution in [0.15, 0.2) is 0 Å². The Morgan fingerprint density at radius 2 is 0.643 bits per heavy atom. The lowest BCUT2D eigenvalue weighted by Crippen LogP contribution is -2.65. The van der Waals surface area contributed by atoms with Gasteiger partial charge in [-0.2, -0.15) is 17.6 Å². The molecule has 8 heteroatoms. The molecule has 0 nitrogen and oxygen atoms in total. The van der Waals surface area contributed by atoms with Crippen molar-refractivity contribution in [2.45, 2.75) is 36.5 Å². The van der Waals surface area contributed by atoms with Gasteiger partial charge in [-0.15, -0.1) is 0 Å². The molecule has 0 heterocycles. The minimum absolute atomic E-state index is 4.04. The van der Waals surface area contributed by atoms with Crippen molar-refractivity contribution in [1.29, 1.82) is 0 Å². The van der Waals surface area contributed by atoms with Gasteiger partial charge in [0.15, 0.2) is 0 Å². The van der Waals surface area contributed by atoms with E-state index in [1.54, 1.807) is 0 Å². The summed E-state index contributed by atoms with van der Waals surface area (Å²) in [7, 11) is 0. The molecule has 0 bridgehead atoms. The molecule has 0 spiro atoms. The Morgan fingerprint density at radius 3 is 0.786 bits per heavy atom. The molecule has 14 heavy (non-hydrogen) atoms. The molecule has 84 valence electrons. The van der Waals surface area contributed by atoms with Crippen LogP contribution in [0.3, 0.4) is 0 Å². The van der Waals surface area contributed by atoms with E-state index in [2.05, 4.69) is 0 Å². The summed E-state index contributed by atoms with van der Waals surface area (Å²) in [6.45, 7) is 0. The average molecular weight is 228 g/mol. The van der Waals surface area contributed by atoms with E-state index >= 15 is 0 Å². The highest BCUT2D eigenvalue weighted by molar-refractivity contribution is 5.08. The van der Waals surface area contributed by atoms with E-state index in [4.69, 9.17) is 0 Å². The summed E-state index contributed by atoms with van der Waals surface area (Å²) in [5, 5.41) is 0. The predicted octanol–water partition coefficient (Wildman–Crippen LogP) is 2.62. The second-order valence-corrected chi connectivity index (χ2v) is 2.96. The second-order valence-electron chi connectivity index (χ2n) is 2.96. The van der Waals surface area contributed by atoms with Crippen LogP contribution in [0.2, 0.25) is 0 Å². The molecular weight excluding hydrogens is 224 g/mol. The highest BCUT2D eigenvalue weighted by Gasteiger charge is 2.72. The smallest absolute Gasteiger partial charge is 0.237 e. The van der Waals surface area contributed by atoms with Crippen molar-refractivity contribution in [2.24, 2.45) is 0 Å². The Kier molecular flexibility index (Phi) is 2.44. The van der Waals surface area contributed by atoms with E-state index in [0.29, 0.717) is 0 Å². The van der Waals surface area contributed by atoms with Crippen LogP contribution < -0.4 is 0 Å². The maximum Gasteiger partial charge on any atom is 0.315 e. The van der Waals surface area contributed by atoms with Gasteiger partial charge in [0.1, 0.15) is 0 Å². The normalized spacial score (nSPS) is 46.3. The van der Waals surface area contributed by atoms with Crippen LogP contribution in [0.4, 0.5) is 35.1 Å². The average Bonchev–Trinajstić information content (AvgIpc) is 2.11. The zero-order valence-electron chi connectivity index (χ0n) is 6.33. The van der Waals surface area contributed by atoms with Crippen molar-refractivity contribution in [3.8, 4) is 0 Å². The van der Waals surface area contributed by atoms with Crippen LogP contribution in [0.5, 0.6) is 0 Å². The molecule has 1 aliphatic carbocycles. The lowest BCUT2D eigenvalue weighted by atomic mass is 9.87. The molecule has 0 N–H and O–H groups in total. The third-order valence-corrected chi connectivity index (χ3v) is 1.98. The third-order valence-electron chi connectivity index (χ3n) is 1.98. The largest absolute Gasteiger partial charge is 0.315 e. The van der Waals surface area contributed by atoms with Crippen LogP contribution in [0.1, 0.15) is 0 Å². The van der Waals surface area contributed by atoms with Crippen LogP contribution in [-0.4, -0.2) is 36.5 Å². The highest BCUT2D eigenvalue weighted by atomic mass is 19.3. The molecule has 0 aromatic rings. The van der Waals surface area contributed by atoms with Gasteiger partial charge in [0.05, 0.1) is 0 Å². The van der Waals surface area contributed by atoms with Gasteiger partial charge < -0.3 is 0 Å². The molecule has 0 amide bonds. The summed E-state index contributed by atoms with van der Waals surface area (Å²) >= 11 is 0. The van der Waals surface area contributed by atoms with Gasteiger partial charge in [-0.25, -0.2) is 17.6 Å². The number of halogens is 8. The lowest BCUT2D eigenvalue weighted by molar-refractivity contribution is -0.273. The molecule has 0 aliphatic heterocycles. The Bertz CT molecular complexity index is 182. The minimum atomic E-state index is -5.07. The summed E-state index contributed by atoms with van der Waals surface area (Å²) in [5.74, 6) is -10.1. The maximum absolute atomic E-state index is 12.3. The second kappa shape index (κ2) is 2.96. The van der Waals surface area contributed by atoms with Gasteiger partial charge in [0.2, 0.25) is 24.7 Å². The summed E-state index contributed by atoms with van der Waals surface area (Å²) < 4.78 is 98.1. The van der Waals surface area contributed by atoms with Crippen molar-refractivity contribution in [2.75, 3.05) is 0 Å². The zero-order valence-corrected chi connectivity index (χ0v) is 6.33. The minimum Gasteiger partial charge on any atom is -0.237 e. The van der Waals surface area contributed by atoms with Crippen LogP contribution in [0.25, 0.3) is 0 Å². The number of rotatable bonds is 0. The highest BCUT2D eigenvalue weighted by Crippen LogP contribution is 2.47. The van der Waals surface area contributed by atoms with E-state index in [0.717, 1.165) is 0 Å². The van der Waals surface area contributed by atoms with Crippen molar-refractivity contribution in [3.63, 3.8) is 0 Å². The van der Waals surface area contributed by atoms with Gasteiger partial charge >= 0.3 is 11.8 Å². The Labute approximate surface area is 72.9 Å². The first-order chi connectivity index (χ1) is 6.13. The van der Waals surface area contributed by atoms with E-state index in [-0.39, 0.29) is 0 Å². The molecule has 1 rings (SSSR count). The van der Waals surface area contributed by atoms with Crippen molar-refractivity contribution in [1.82, 2.24) is 0 Å². The van der Waals surface area contributed by atoms with Crippen LogP contribution >= 0.6 is 0 Å². The van der Waals surface area contributed by atoms with Crippen molar-refractivity contribution < 1.29 is 35.1 Å². The molecule has 0 unspecified atom stereocenters. The van der Waals surface area contributed by atoms with Gasteiger partial charge in [-0.1, -0.05) is 0 Å². The maximum atomic E-state index is 12.3. The first kappa shape index (κ1) is 11.5. The first-order valence-electron chi connectivity index (χ1n) is 3.45. The van der Waals surface area contributed by atoms with Gasteiger partial charge in [0, 0.05) is 0 Å². The molecule has 0 radical (unpaired) electrons. The van der Waals surface area contributed by atoms with Crippen LogP contribution in [-0.2, 0) is 0 Å². The molecule has 1 saturated carbocycles. The van der Waals surface area contributed by atoms with Gasteiger partial charge in [-0.05, 0) is 0 Å². The monoisotopic (exact) mass is 228 g/mol. The standard InChI is InChI=1S/C6H4F8/c7-1-2(8)6(13,14)4(10)3(9)5(1,11)12/h1-4H/t1-,2-,3-,4+/m1/s1. The van der Waals surface area contributed by atoms with E-state index in [1.165, 1.54) is 0 Å². The molecular formula is C6H4F8. The summed E-state index contributed by atoms with van der Waals surface area (Å²) in [5.41, 5.74) is 0. The Balaban J connectivity index is 3.07. The fourth-order valence-corrected chi connectivity index (χ4v) is 1.08. The van der Waals surface area contributed by atoms with Crippen molar-refractivity contribution in [3.05, 3.63) is 0 Å². The Hall–Kier alpha value is -0.560. The van der Waals surface area contributed by atoms with Crippen molar-refractivity contribution >= 4 is 0 Å². The SMILES string of the molecule is F[C@@H]1[C@@H](F)C(F)(F)[C@@H](F)[C@@H](F)C1(F)F. The molecule has 0 aromatic carbocycles. The molecule has 4 atom stereocenters. The van der Waals surface area contributed by atoms with Crippen LogP contribution in [0, 0.1) is 0 Å². The molecule has 1 aliphatic rings. The van der Waals surface area contributed by atoms with Gasteiger partial charge in [-0.3, -0.25) is 0 Å². The summed E-state index contributed by atoms with van der Waals surface area (Å²) in [6.07, 6.45) is -16.2. The fraction of sp³-hybridized carbons (Fsp3) is 1.00. The molecule has 1 fully saturated rings. The van der Waals surface area contributed by atoms with E-state index in [1.807, 2.05) is 0 Å². The molecule has 0 saturated heterocycles. The summed E-state index contributed by atoms with van der Waals surface area (Å²) in [4.78, 5) is 0. The third kappa shape index (κ3) is 1.26. The number of hydrogen-bond donors (Lipinski definition) is 0. The first-order valence-corrected chi connectivity index (χ1v) is 3.45. The van der Waals surface area contributed by atoms with E-state index in [9.17, 15) is 35.1 Å². The lowest BCUT2D eigenvalue weighted by Gasteiger charge is -2.38. The summed E-state index contributed by atoms with van der Waals surface area (Å²) in [6, 6.07) is 0. The van der Waals surface area contributed by atoms with E-state index < -0.39 is 36.5 Å². The number of hydrogen-bond acceptors (Lipinski definition) is 0. The topological polar surface area (TPSA) is 0 Å². The zero-order chi connectivity index (χ0) is 11.3. The Morgan fingerprint density at radius 1 is 0.500 bits per heavy atom. The van der Waals surface area contributed by atoms with Gasteiger partial charge in [0.25, 0.3) is 0 Å². The predicted molar refractivity (Wildman–Crippen MR) is 29.5 cm³/mol. The number of alkyl halides is 8. The fourth-order valence-electron chi connectivity index (χ4n) is 1.08. The quantitative estimate of drug-likeness (QED) is 0.559. The molecule has 0 aromatic heterocycles.